The number of aryl methyl sites for hydroxylation is 1. The molecule has 1 amide bonds. The van der Waals surface area contributed by atoms with Crippen LogP contribution in [0, 0.1) is 5.82 Å². The second kappa shape index (κ2) is 6.56. The van der Waals surface area contributed by atoms with Crippen molar-refractivity contribution in [3.8, 4) is 0 Å². The standard InChI is InChI=1S/C14H13BrFN3O/c1-2-3-13-17-7-10(8-18-13)19-14(20)11-6-9(15)4-5-12(11)16/h4-8H,2-3H2,1H3,(H,19,20). The van der Waals surface area contributed by atoms with Crippen LogP contribution in [0.3, 0.4) is 0 Å². The van der Waals surface area contributed by atoms with Gasteiger partial charge in [0, 0.05) is 10.9 Å². The average Bonchev–Trinajstić information content (AvgIpc) is 2.44. The van der Waals surface area contributed by atoms with Crippen LogP contribution >= 0.6 is 15.9 Å². The highest BCUT2D eigenvalue weighted by Gasteiger charge is 2.12. The fraction of sp³-hybridized carbons (Fsp3) is 0.214. The molecule has 104 valence electrons. The number of hydrogen-bond donors (Lipinski definition) is 1. The Hall–Kier alpha value is -1.82. The number of halogens is 2. The van der Waals surface area contributed by atoms with Gasteiger partial charge in [-0.1, -0.05) is 22.9 Å². The van der Waals surface area contributed by atoms with Crippen LogP contribution < -0.4 is 5.32 Å². The zero-order chi connectivity index (χ0) is 14.5. The van der Waals surface area contributed by atoms with Crippen LogP contribution in [0.15, 0.2) is 35.1 Å². The molecular formula is C14H13BrFN3O. The van der Waals surface area contributed by atoms with Crippen LogP contribution in [0.4, 0.5) is 10.1 Å². The molecule has 0 unspecified atom stereocenters. The molecular weight excluding hydrogens is 325 g/mol. The molecule has 0 bridgehead atoms. The summed E-state index contributed by atoms with van der Waals surface area (Å²) in [6, 6.07) is 4.20. The Morgan fingerprint density at radius 3 is 2.70 bits per heavy atom. The van der Waals surface area contributed by atoms with Crippen molar-refractivity contribution < 1.29 is 9.18 Å². The summed E-state index contributed by atoms with van der Waals surface area (Å²) in [7, 11) is 0. The Bertz CT molecular complexity index is 616. The largest absolute Gasteiger partial charge is 0.319 e. The summed E-state index contributed by atoms with van der Waals surface area (Å²) < 4.78 is 14.2. The SMILES string of the molecule is CCCc1ncc(NC(=O)c2cc(Br)ccc2F)cn1. The molecule has 0 aliphatic carbocycles. The molecule has 1 aromatic carbocycles. The number of carbonyl (C=O) groups excluding carboxylic acids is 1. The van der Waals surface area contributed by atoms with Gasteiger partial charge in [-0.15, -0.1) is 0 Å². The second-order valence-electron chi connectivity index (χ2n) is 4.22. The van der Waals surface area contributed by atoms with E-state index in [1.807, 2.05) is 6.92 Å². The number of rotatable bonds is 4. The maximum absolute atomic E-state index is 13.6. The van der Waals surface area contributed by atoms with E-state index in [2.05, 4.69) is 31.2 Å². The Balaban J connectivity index is 2.13. The van der Waals surface area contributed by atoms with Crippen molar-refractivity contribution in [3.63, 3.8) is 0 Å². The molecule has 0 spiro atoms. The summed E-state index contributed by atoms with van der Waals surface area (Å²) in [6.45, 7) is 2.04. The molecule has 0 saturated carbocycles. The maximum Gasteiger partial charge on any atom is 0.258 e. The van der Waals surface area contributed by atoms with Crippen LogP contribution in [-0.4, -0.2) is 15.9 Å². The maximum atomic E-state index is 13.6. The quantitative estimate of drug-likeness (QED) is 0.927. The molecule has 1 aromatic heterocycles. The van der Waals surface area contributed by atoms with Gasteiger partial charge in [0.05, 0.1) is 23.6 Å². The lowest BCUT2D eigenvalue weighted by atomic mass is 10.2. The highest BCUT2D eigenvalue weighted by atomic mass is 79.9. The Labute approximate surface area is 124 Å². The van der Waals surface area contributed by atoms with Crippen LogP contribution in [0.1, 0.15) is 29.5 Å². The molecule has 0 radical (unpaired) electrons. The molecule has 1 heterocycles. The summed E-state index contributed by atoms with van der Waals surface area (Å²) in [6.07, 6.45) is 4.78. The van der Waals surface area contributed by atoms with E-state index in [1.165, 1.54) is 30.6 Å². The van der Waals surface area contributed by atoms with E-state index >= 15 is 0 Å². The number of anilines is 1. The van der Waals surface area contributed by atoms with Crippen molar-refractivity contribution in [3.05, 3.63) is 52.3 Å². The van der Waals surface area contributed by atoms with Crippen LogP contribution in [-0.2, 0) is 6.42 Å². The first-order valence-corrected chi connectivity index (χ1v) is 6.96. The highest BCUT2D eigenvalue weighted by molar-refractivity contribution is 9.10. The predicted octanol–water partition coefficient (Wildman–Crippen LogP) is 3.58. The topological polar surface area (TPSA) is 54.9 Å². The molecule has 2 rings (SSSR count). The molecule has 2 aromatic rings. The monoisotopic (exact) mass is 337 g/mol. The minimum atomic E-state index is -0.575. The number of nitrogens with one attached hydrogen (secondary N) is 1. The summed E-state index contributed by atoms with van der Waals surface area (Å²) in [5.41, 5.74) is 0.409. The van der Waals surface area contributed by atoms with Gasteiger partial charge < -0.3 is 5.32 Å². The molecule has 0 fully saturated rings. The fourth-order valence-corrected chi connectivity index (χ4v) is 2.00. The minimum absolute atomic E-state index is 0.0305. The first-order valence-electron chi connectivity index (χ1n) is 6.17. The van der Waals surface area contributed by atoms with Gasteiger partial charge in [0.15, 0.2) is 0 Å². The van der Waals surface area contributed by atoms with Gasteiger partial charge >= 0.3 is 0 Å². The van der Waals surface area contributed by atoms with Crippen molar-refractivity contribution in [2.24, 2.45) is 0 Å². The molecule has 0 atom stereocenters. The van der Waals surface area contributed by atoms with Crippen LogP contribution in [0.5, 0.6) is 0 Å². The van der Waals surface area contributed by atoms with Gasteiger partial charge in [0.1, 0.15) is 11.6 Å². The van der Waals surface area contributed by atoms with Crippen molar-refractivity contribution in [1.29, 1.82) is 0 Å². The van der Waals surface area contributed by atoms with E-state index < -0.39 is 11.7 Å². The summed E-state index contributed by atoms with van der Waals surface area (Å²) >= 11 is 3.21. The lowest BCUT2D eigenvalue weighted by molar-refractivity contribution is 0.102. The van der Waals surface area contributed by atoms with E-state index in [4.69, 9.17) is 0 Å². The summed E-state index contributed by atoms with van der Waals surface area (Å²) in [5, 5.41) is 2.57. The van der Waals surface area contributed by atoms with Crippen molar-refractivity contribution in [1.82, 2.24) is 9.97 Å². The molecule has 20 heavy (non-hydrogen) atoms. The third kappa shape index (κ3) is 3.60. The Morgan fingerprint density at radius 1 is 1.35 bits per heavy atom. The Morgan fingerprint density at radius 2 is 2.05 bits per heavy atom. The summed E-state index contributed by atoms with van der Waals surface area (Å²) in [5.74, 6) is -0.385. The number of benzene rings is 1. The average molecular weight is 338 g/mol. The van der Waals surface area contributed by atoms with Gasteiger partial charge in [-0.3, -0.25) is 4.79 Å². The number of amides is 1. The number of hydrogen-bond acceptors (Lipinski definition) is 3. The molecule has 4 nitrogen and oxygen atoms in total. The normalized spacial score (nSPS) is 10.3. The number of carbonyl (C=O) groups is 1. The Kier molecular flexibility index (Phi) is 4.79. The molecule has 0 saturated heterocycles. The summed E-state index contributed by atoms with van der Waals surface area (Å²) in [4.78, 5) is 20.2. The second-order valence-corrected chi connectivity index (χ2v) is 5.13. The van der Waals surface area contributed by atoms with Crippen molar-refractivity contribution in [2.75, 3.05) is 5.32 Å². The highest BCUT2D eigenvalue weighted by Crippen LogP contribution is 2.17. The third-order valence-electron chi connectivity index (χ3n) is 2.61. The zero-order valence-corrected chi connectivity index (χ0v) is 12.4. The van der Waals surface area contributed by atoms with E-state index in [1.54, 1.807) is 0 Å². The number of nitrogens with zero attached hydrogens (tertiary/aromatic N) is 2. The van der Waals surface area contributed by atoms with E-state index in [-0.39, 0.29) is 5.56 Å². The van der Waals surface area contributed by atoms with Gasteiger partial charge in [-0.2, -0.15) is 0 Å². The smallest absolute Gasteiger partial charge is 0.258 e. The van der Waals surface area contributed by atoms with Gasteiger partial charge in [-0.25, -0.2) is 14.4 Å². The predicted molar refractivity (Wildman–Crippen MR) is 78.1 cm³/mol. The first kappa shape index (κ1) is 14.6. The van der Waals surface area contributed by atoms with Crippen LogP contribution in [0.2, 0.25) is 0 Å². The lowest BCUT2D eigenvalue weighted by Crippen LogP contribution is -2.14. The van der Waals surface area contributed by atoms with E-state index in [0.29, 0.717) is 10.2 Å². The minimum Gasteiger partial charge on any atom is -0.319 e. The molecule has 0 aliphatic rings. The molecule has 6 heteroatoms. The van der Waals surface area contributed by atoms with Gasteiger partial charge in [0.2, 0.25) is 0 Å². The lowest BCUT2D eigenvalue weighted by Gasteiger charge is -2.06. The van der Waals surface area contributed by atoms with Gasteiger partial charge in [0.25, 0.3) is 5.91 Å². The van der Waals surface area contributed by atoms with Crippen LogP contribution in [0.25, 0.3) is 0 Å². The van der Waals surface area contributed by atoms with E-state index in [0.717, 1.165) is 18.7 Å². The first-order chi connectivity index (χ1) is 9.60. The molecule has 0 aliphatic heterocycles. The fourth-order valence-electron chi connectivity index (χ4n) is 1.64. The zero-order valence-electron chi connectivity index (χ0n) is 10.9. The van der Waals surface area contributed by atoms with Crippen molar-refractivity contribution >= 4 is 27.5 Å². The van der Waals surface area contributed by atoms with E-state index in [9.17, 15) is 9.18 Å². The number of aromatic nitrogens is 2. The van der Waals surface area contributed by atoms with Crippen molar-refractivity contribution in [2.45, 2.75) is 19.8 Å². The van der Waals surface area contributed by atoms with Gasteiger partial charge in [-0.05, 0) is 24.6 Å². The third-order valence-corrected chi connectivity index (χ3v) is 3.10. The molecule has 1 N–H and O–H groups in total.